The van der Waals surface area contributed by atoms with E-state index in [2.05, 4.69) is 15.9 Å². The van der Waals surface area contributed by atoms with Gasteiger partial charge in [0, 0.05) is 5.56 Å². The molecular formula is C18H14BrFO2. The lowest BCUT2D eigenvalue weighted by molar-refractivity contribution is -0.108. The Morgan fingerprint density at radius 3 is 2.68 bits per heavy atom. The van der Waals surface area contributed by atoms with Crippen molar-refractivity contribution in [1.29, 1.82) is 0 Å². The van der Waals surface area contributed by atoms with Crippen molar-refractivity contribution in [3.63, 3.8) is 0 Å². The molecule has 0 fully saturated rings. The fourth-order valence-corrected chi connectivity index (χ4v) is 2.75. The molecule has 2 atom stereocenters. The molecule has 2 aromatic rings. The lowest BCUT2D eigenvalue weighted by Crippen LogP contribution is -2.15. The Bertz CT molecular complexity index is 753. The first-order valence-electron chi connectivity index (χ1n) is 6.97. The Kier molecular flexibility index (Phi) is 4.12. The van der Waals surface area contributed by atoms with Crippen molar-refractivity contribution < 1.29 is 13.9 Å². The number of benzene rings is 2. The van der Waals surface area contributed by atoms with Crippen LogP contribution in [0.2, 0.25) is 0 Å². The maximum absolute atomic E-state index is 13.4. The minimum atomic E-state index is -0.354. The zero-order valence-electron chi connectivity index (χ0n) is 11.9. The van der Waals surface area contributed by atoms with Crippen molar-refractivity contribution in [2.75, 3.05) is 0 Å². The van der Waals surface area contributed by atoms with E-state index in [4.69, 9.17) is 4.74 Å². The van der Waals surface area contributed by atoms with Gasteiger partial charge in [0.15, 0.2) is 0 Å². The predicted molar refractivity (Wildman–Crippen MR) is 87.7 cm³/mol. The molecule has 0 N–H and O–H groups in total. The van der Waals surface area contributed by atoms with E-state index >= 15 is 0 Å². The van der Waals surface area contributed by atoms with Gasteiger partial charge in [0.05, 0.1) is 10.7 Å². The van der Waals surface area contributed by atoms with Crippen LogP contribution in [0.15, 0.2) is 54.3 Å². The number of hydrogen-bond acceptors (Lipinski definition) is 2. The first kappa shape index (κ1) is 15.0. The molecule has 0 saturated heterocycles. The molecule has 1 aliphatic heterocycles. The summed E-state index contributed by atoms with van der Waals surface area (Å²) < 4.78 is 19.2. The average molecular weight is 361 g/mol. The van der Waals surface area contributed by atoms with Crippen LogP contribution in [-0.2, 0) is 4.79 Å². The lowest BCUT2D eigenvalue weighted by Gasteiger charge is -2.24. The first-order chi connectivity index (χ1) is 10.6. The van der Waals surface area contributed by atoms with Gasteiger partial charge in [-0.1, -0.05) is 34.1 Å². The van der Waals surface area contributed by atoms with Crippen molar-refractivity contribution >= 4 is 22.2 Å². The molecule has 2 nitrogen and oxygen atoms in total. The van der Waals surface area contributed by atoms with Gasteiger partial charge in [-0.15, -0.1) is 0 Å². The zero-order valence-corrected chi connectivity index (χ0v) is 13.5. The molecule has 112 valence electrons. The SMILES string of the molecule is CC(Br)C1=CC(C=O)c2cc(-c3cccc(F)c3)ccc2O1. The highest BCUT2D eigenvalue weighted by molar-refractivity contribution is 9.09. The highest BCUT2D eigenvalue weighted by Crippen LogP contribution is 2.38. The molecule has 2 aromatic carbocycles. The summed E-state index contributed by atoms with van der Waals surface area (Å²) in [4.78, 5) is 11.5. The Hall–Kier alpha value is -1.94. The normalized spacial score (nSPS) is 18.0. The fraction of sp³-hybridized carbons (Fsp3) is 0.167. The van der Waals surface area contributed by atoms with Gasteiger partial charge in [0.2, 0.25) is 0 Å². The highest BCUT2D eigenvalue weighted by Gasteiger charge is 2.24. The van der Waals surface area contributed by atoms with Gasteiger partial charge in [0.25, 0.3) is 0 Å². The topological polar surface area (TPSA) is 26.3 Å². The summed E-state index contributed by atoms with van der Waals surface area (Å²) in [5.41, 5.74) is 2.43. The van der Waals surface area contributed by atoms with Gasteiger partial charge in [-0.2, -0.15) is 0 Å². The van der Waals surface area contributed by atoms with Crippen molar-refractivity contribution in [2.24, 2.45) is 0 Å². The molecule has 0 spiro atoms. The number of carbonyl (C=O) groups is 1. The summed E-state index contributed by atoms with van der Waals surface area (Å²) in [5, 5.41) is 0. The van der Waals surface area contributed by atoms with Gasteiger partial charge < -0.3 is 9.53 Å². The second-order valence-corrected chi connectivity index (χ2v) is 6.59. The van der Waals surface area contributed by atoms with Gasteiger partial charge in [-0.05, 0) is 48.4 Å². The first-order valence-corrected chi connectivity index (χ1v) is 7.89. The number of aldehydes is 1. The quantitative estimate of drug-likeness (QED) is 0.578. The average Bonchev–Trinajstić information content (AvgIpc) is 2.53. The van der Waals surface area contributed by atoms with Crippen LogP contribution in [-0.4, -0.2) is 11.1 Å². The monoisotopic (exact) mass is 360 g/mol. The Morgan fingerprint density at radius 2 is 2.00 bits per heavy atom. The maximum atomic E-state index is 13.4. The van der Waals surface area contributed by atoms with Crippen molar-refractivity contribution in [3.8, 4) is 16.9 Å². The van der Waals surface area contributed by atoms with E-state index in [1.165, 1.54) is 12.1 Å². The van der Waals surface area contributed by atoms with Gasteiger partial charge in [-0.25, -0.2) is 4.39 Å². The van der Waals surface area contributed by atoms with Crippen LogP contribution in [0.1, 0.15) is 18.4 Å². The third-order valence-electron chi connectivity index (χ3n) is 3.64. The fourth-order valence-electron chi connectivity index (χ4n) is 2.50. The van der Waals surface area contributed by atoms with Gasteiger partial charge in [0.1, 0.15) is 23.6 Å². The minimum Gasteiger partial charge on any atom is -0.461 e. The second-order valence-electron chi connectivity index (χ2n) is 5.21. The van der Waals surface area contributed by atoms with Crippen LogP contribution in [0.25, 0.3) is 11.1 Å². The van der Waals surface area contributed by atoms with Crippen LogP contribution in [0.4, 0.5) is 4.39 Å². The number of ether oxygens (including phenoxy) is 1. The van der Waals surface area contributed by atoms with Crippen LogP contribution in [0, 0.1) is 5.82 Å². The molecule has 0 saturated carbocycles. The molecule has 1 aliphatic rings. The van der Waals surface area contributed by atoms with E-state index in [1.807, 2.05) is 37.3 Å². The number of hydrogen-bond donors (Lipinski definition) is 0. The van der Waals surface area contributed by atoms with Crippen LogP contribution in [0.5, 0.6) is 5.75 Å². The third-order valence-corrected chi connectivity index (χ3v) is 4.09. The number of rotatable bonds is 3. The van der Waals surface area contributed by atoms with Gasteiger partial charge in [-0.3, -0.25) is 0 Å². The molecule has 4 heteroatoms. The Morgan fingerprint density at radius 1 is 1.23 bits per heavy atom. The molecule has 0 bridgehead atoms. The van der Waals surface area contributed by atoms with Crippen LogP contribution >= 0.6 is 15.9 Å². The van der Waals surface area contributed by atoms with E-state index in [9.17, 15) is 9.18 Å². The largest absolute Gasteiger partial charge is 0.461 e. The van der Waals surface area contributed by atoms with E-state index in [1.54, 1.807) is 6.07 Å². The number of fused-ring (bicyclic) bond motifs is 1. The smallest absolute Gasteiger partial charge is 0.131 e. The summed E-state index contributed by atoms with van der Waals surface area (Å²) in [6.07, 6.45) is 2.70. The Balaban J connectivity index is 2.05. The molecule has 3 rings (SSSR count). The minimum absolute atomic E-state index is 0.0333. The molecule has 2 unspecified atom stereocenters. The molecule has 1 heterocycles. The molecule has 0 amide bonds. The van der Waals surface area contributed by atoms with Crippen molar-refractivity contribution in [2.45, 2.75) is 17.7 Å². The molecular weight excluding hydrogens is 347 g/mol. The summed E-state index contributed by atoms with van der Waals surface area (Å²) in [7, 11) is 0. The number of allylic oxidation sites excluding steroid dienone is 2. The predicted octanol–water partition coefficient (Wildman–Crippen LogP) is 4.83. The van der Waals surface area contributed by atoms with Crippen LogP contribution < -0.4 is 4.74 Å². The molecule has 22 heavy (non-hydrogen) atoms. The van der Waals surface area contributed by atoms with E-state index in [0.717, 1.165) is 28.7 Å². The highest BCUT2D eigenvalue weighted by atomic mass is 79.9. The number of carbonyl (C=O) groups excluding carboxylic acids is 1. The van der Waals surface area contributed by atoms with E-state index in [0.29, 0.717) is 5.75 Å². The molecule has 0 aliphatic carbocycles. The van der Waals surface area contributed by atoms with E-state index < -0.39 is 0 Å². The van der Waals surface area contributed by atoms with Crippen molar-refractivity contribution in [3.05, 3.63) is 65.7 Å². The number of alkyl halides is 1. The lowest BCUT2D eigenvalue weighted by atomic mass is 9.92. The number of halogens is 2. The summed E-state index contributed by atoms with van der Waals surface area (Å²) in [6.45, 7) is 1.94. The molecule has 0 aromatic heterocycles. The van der Waals surface area contributed by atoms with Crippen LogP contribution in [0.3, 0.4) is 0 Å². The standard InChI is InChI=1S/C18H14BrFO2/c1-11(19)18-9-14(10-21)16-8-13(5-6-17(16)22-18)12-3-2-4-15(20)7-12/h2-11,14H,1H3. The summed E-state index contributed by atoms with van der Waals surface area (Å²) in [6, 6.07) is 12.0. The third kappa shape index (κ3) is 2.83. The summed E-state index contributed by atoms with van der Waals surface area (Å²) in [5.74, 6) is 0.755. The summed E-state index contributed by atoms with van der Waals surface area (Å²) >= 11 is 3.45. The molecule has 0 radical (unpaired) electrons. The van der Waals surface area contributed by atoms with Gasteiger partial charge >= 0.3 is 0 Å². The zero-order chi connectivity index (χ0) is 15.7. The maximum Gasteiger partial charge on any atom is 0.131 e. The van der Waals surface area contributed by atoms with E-state index in [-0.39, 0.29) is 16.6 Å². The van der Waals surface area contributed by atoms with Crippen molar-refractivity contribution in [1.82, 2.24) is 0 Å². The second kappa shape index (κ2) is 6.05. The Labute approximate surface area is 136 Å².